The summed E-state index contributed by atoms with van der Waals surface area (Å²) < 4.78 is 0. The second-order valence-corrected chi connectivity index (χ2v) is 7.86. The molecule has 5 heteroatoms. The summed E-state index contributed by atoms with van der Waals surface area (Å²) in [6.07, 6.45) is 0.229. The number of aryl methyl sites for hydroxylation is 1. The molecule has 0 saturated heterocycles. The number of carbonyl (C=O) groups is 2. The smallest absolute Gasteiger partial charge is 0.255 e. The lowest BCUT2D eigenvalue weighted by Gasteiger charge is -2.26. The maximum Gasteiger partial charge on any atom is 0.255 e. The minimum Gasteiger partial charge on any atom is -0.358 e. The molecule has 1 aliphatic rings. The molecule has 4 aromatic rings. The van der Waals surface area contributed by atoms with Crippen molar-refractivity contribution in [3.63, 3.8) is 0 Å². The Hall–Kier alpha value is -3.86. The number of para-hydroxylation sites is 2. The summed E-state index contributed by atoms with van der Waals surface area (Å²) in [7, 11) is 0. The van der Waals surface area contributed by atoms with Crippen molar-refractivity contribution in [2.24, 2.45) is 0 Å². The lowest BCUT2D eigenvalue weighted by molar-refractivity contribution is -0.116. The number of hydrogen-bond donors (Lipinski definition) is 2. The molecule has 31 heavy (non-hydrogen) atoms. The number of aromatic nitrogens is 1. The first-order valence-corrected chi connectivity index (χ1v) is 10.5. The van der Waals surface area contributed by atoms with Gasteiger partial charge in [-0.15, -0.1) is 0 Å². The highest BCUT2D eigenvalue weighted by atomic mass is 16.2. The van der Waals surface area contributed by atoms with E-state index in [2.05, 4.69) is 16.4 Å². The van der Waals surface area contributed by atoms with Gasteiger partial charge in [0.2, 0.25) is 5.91 Å². The Kier molecular flexibility index (Phi) is 4.79. The molecule has 2 heterocycles. The molecule has 2 N–H and O–H groups in total. The molecule has 2 amide bonds. The third kappa shape index (κ3) is 3.38. The maximum atomic E-state index is 13.3. The van der Waals surface area contributed by atoms with Gasteiger partial charge in [0.1, 0.15) is 0 Å². The van der Waals surface area contributed by atoms with E-state index in [9.17, 15) is 9.59 Å². The molecule has 1 aliphatic heterocycles. The van der Waals surface area contributed by atoms with Crippen molar-refractivity contribution >= 4 is 28.4 Å². The number of nitrogens with one attached hydrogen (secondary N) is 2. The monoisotopic (exact) mass is 409 g/mol. The van der Waals surface area contributed by atoms with Crippen molar-refractivity contribution in [2.75, 3.05) is 11.9 Å². The van der Waals surface area contributed by atoms with E-state index >= 15 is 0 Å². The van der Waals surface area contributed by atoms with E-state index in [-0.39, 0.29) is 24.3 Å². The molecule has 1 aromatic heterocycles. The summed E-state index contributed by atoms with van der Waals surface area (Å²) in [5.41, 5.74) is 5.64. The van der Waals surface area contributed by atoms with Gasteiger partial charge >= 0.3 is 0 Å². The van der Waals surface area contributed by atoms with Crippen molar-refractivity contribution in [3.05, 3.63) is 101 Å². The molecule has 0 saturated carbocycles. The molecule has 5 rings (SSSR count). The number of fused-ring (bicyclic) bond motifs is 2. The summed E-state index contributed by atoms with van der Waals surface area (Å²) in [6, 6.07) is 25.1. The first-order valence-electron chi connectivity index (χ1n) is 10.5. The second-order valence-electron chi connectivity index (χ2n) is 7.86. The predicted octanol–water partition coefficient (Wildman–Crippen LogP) is 5.05. The fraction of sp³-hybridized carbons (Fsp3) is 0.154. The van der Waals surface area contributed by atoms with Crippen LogP contribution in [0.15, 0.2) is 78.9 Å². The Labute approximate surface area is 180 Å². The summed E-state index contributed by atoms with van der Waals surface area (Å²) >= 11 is 0. The molecular formula is C26H23N3O2. The lowest BCUT2D eigenvalue weighted by Crippen LogP contribution is -2.32. The average Bonchev–Trinajstić information content (AvgIpc) is 3.26. The zero-order chi connectivity index (χ0) is 21.4. The third-order valence-corrected chi connectivity index (χ3v) is 5.91. The largest absolute Gasteiger partial charge is 0.358 e. The minimum absolute atomic E-state index is 0.0298. The number of nitrogens with zero attached hydrogens (tertiary/aromatic N) is 1. The summed E-state index contributed by atoms with van der Waals surface area (Å²) in [5, 5.41) is 4.01. The molecule has 0 unspecified atom stereocenters. The quantitative estimate of drug-likeness (QED) is 0.484. The number of hydrogen-bond acceptors (Lipinski definition) is 2. The zero-order valence-electron chi connectivity index (χ0n) is 17.3. The van der Waals surface area contributed by atoms with E-state index in [1.165, 1.54) is 0 Å². The lowest BCUT2D eigenvalue weighted by atomic mass is 9.95. The molecule has 154 valence electrons. The molecule has 0 spiro atoms. The molecule has 0 radical (unpaired) electrons. The topological polar surface area (TPSA) is 65.2 Å². The van der Waals surface area contributed by atoms with E-state index in [4.69, 9.17) is 0 Å². The van der Waals surface area contributed by atoms with Gasteiger partial charge in [-0.1, -0.05) is 54.6 Å². The van der Waals surface area contributed by atoms with Gasteiger partial charge in [-0.25, -0.2) is 0 Å². The average molecular weight is 409 g/mol. The van der Waals surface area contributed by atoms with Crippen LogP contribution < -0.4 is 5.32 Å². The Balaban J connectivity index is 1.48. The first-order chi connectivity index (χ1) is 15.1. The number of carbonyl (C=O) groups excluding carboxylic acids is 2. The van der Waals surface area contributed by atoms with E-state index < -0.39 is 0 Å². The molecule has 5 nitrogen and oxygen atoms in total. The van der Waals surface area contributed by atoms with Crippen molar-refractivity contribution in [2.45, 2.75) is 19.4 Å². The number of aromatic amines is 1. The van der Waals surface area contributed by atoms with Crippen LogP contribution in [0.25, 0.3) is 10.9 Å². The van der Waals surface area contributed by atoms with Crippen molar-refractivity contribution < 1.29 is 9.59 Å². The van der Waals surface area contributed by atoms with Crippen LogP contribution in [0.1, 0.15) is 39.6 Å². The number of rotatable bonds is 5. The molecule has 0 fully saturated rings. The van der Waals surface area contributed by atoms with Gasteiger partial charge in [0, 0.05) is 46.4 Å². The van der Waals surface area contributed by atoms with Crippen molar-refractivity contribution in [3.8, 4) is 0 Å². The van der Waals surface area contributed by atoms with Gasteiger partial charge in [0.15, 0.2) is 0 Å². The van der Waals surface area contributed by atoms with E-state index in [0.29, 0.717) is 12.1 Å². The highest BCUT2D eigenvalue weighted by Crippen LogP contribution is 2.42. The van der Waals surface area contributed by atoms with Gasteiger partial charge in [-0.3, -0.25) is 9.59 Å². The van der Waals surface area contributed by atoms with Crippen LogP contribution in [-0.4, -0.2) is 28.2 Å². The highest BCUT2D eigenvalue weighted by Gasteiger charge is 2.39. The second kappa shape index (κ2) is 7.76. The van der Waals surface area contributed by atoms with Crippen LogP contribution in [0.4, 0.5) is 5.69 Å². The highest BCUT2D eigenvalue weighted by molar-refractivity contribution is 6.01. The van der Waals surface area contributed by atoms with Crippen LogP contribution in [0, 0.1) is 6.92 Å². The normalized spacial score (nSPS) is 15.3. The molecule has 0 bridgehead atoms. The third-order valence-electron chi connectivity index (χ3n) is 5.91. The van der Waals surface area contributed by atoms with Crippen molar-refractivity contribution in [1.29, 1.82) is 0 Å². The summed E-state index contributed by atoms with van der Waals surface area (Å²) in [5.74, 6) is -0.137. The Morgan fingerprint density at radius 1 is 0.968 bits per heavy atom. The Morgan fingerprint density at radius 3 is 2.52 bits per heavy atom. The number of amides is 2. The standard InChI is InChI=1S/C26H23N3O2/c1-17-24(21-13-7-8-14-22(21)27-17)25-19-11-5-6-12-20(19)26(31)29(25)16-15-23(30)28-18-9-3-2-4-10-18/h2-14,25,27H,15-16H2,1H3,(H,28,30)/t25-/m1/s1. The van der Waals surface area contributed by atoms with Crippen LogP contribution in [-0.2, 0) is 4.79 Å². The summed E-state index contributed by atoms with van der Waals surface area (Å²) in [4.78, 5) is 31.2. The maximum absolute atomic E-state index is 13.3. The molecule has 1 atom stereocenters. The zero-order valence-corrected chi connectivity index (χ0v) is 17.3. The van der Waals surface area contributed by atoms with E-state index in [1.807, 2.05) is 84.6 Å². The van der Waals surface area contributed by atoms with Crippen LogP contribution >= 0.6 is 0 Å². The minimum atomic E-state index is -0.218. The molecule has 3 aromatic carbocycles. The van der Waals surface area contributed by atoms with Gasteiger partial charge in [-0.2, -0.15) is 0 Å². The SMILES string of the molecule is Cc1[nH]c2ccccc2c1[C@H]1c2ccccc2C(=O)N1CCC(=O)Nc1ccccc1. The van der Waals surface area contributed by atoms with Gasteiger partial charge in [0.05, 0.1) is 6.04 Å². The van der Waals surface area contributed by atoms with Crippen LogP contribution in [0.3, 0.4) is 0 Å². The van der Waals surface area contributed by atoms with Crippen molar-refractivity contribution in [1.82, 2.24) is 9.88 Å². The first kappa shape index (κ1) is 19.1. The fourth-order valence-corrected chi connectivity index (χ4v) is 4.53. The summed E-state index contributed by atoms with van der Waals surface area (Å²) in [6.45, 7) is 2.39. The van der Waals surface area contributed by atoms with Crippen LogP contribution in [0.2, 0.25) is 0 Å². The van der Waals surface area contributed by atoms with E-state index in [0.717, 1.165) is 33.4 Å². The number of benzene rings is 3. The van der Waals surface area contributed by atoms with Gasteiger partial charge in [-0.05, 0) is 36.8 Å². The molecular weight excluding hydrogens is 386 g/mol. The van der Waals surface area contributed by atoms with E-state index in [1.54, 1.807) is 0 Å². The predicted molar refractivity (Wildman–Crippen MR) is 122 cm³/mol. The Morgan fingerprint density at radius 2 is 1.68 bits per heavy atom. The number of H-pyrrole nitrogens is 1. The number of anilines is 1. The Bertz CT molecular complexity index is 1280. The van der Waals surface area contributed by atoms with Crippen LogP contribution in [0.5, 0.6) is 0 Å². The van der Waals surface area contributed by atoms with Gasteiger partial charge < -0.3 is 15.2 Å². The fourth-order valence-electron chi connectivity index (χ4n) is 4.53. The van der Waals surface area contributed by atoms with Gasteiger partial charge in [0.25, 0.3) is 5.91 Å². The molecule has 0 aliphatic carbocycles.